The Hall–Kier alpha value is -1.10. The first kappa shape index (κ1) is 17.0. The zero-order chi connectivity index (χ0) is 13.8. The summed E-state index contributed by atoms with van der Waals surface area (Å²) in [6.07, 6.45) is 0. The Morgan fingerprint density at radius 1 is 1.00 bits per heavy atom. The fourth-order valence-corrected chi connectivity index (χ4v) is 2.70. The molecule has 1 nitrogen and oxygen atoms in total. The standard InChI is InChI=1S/C15H15F2NS.ClH/c1-18(2)10-11-5-3-4-6-15(11)19-12-7-8-13(16)14(17)9-12;/h3-9H,10H2,1-2H3;1H. The molecule has 0 N–H and O–H groups in total. The van der Waals surface area contributed by atoms with Gasteiger partial charge < -0.3 is 4.90 Å². The molecule has 0 unspecified atom stereocenters. The Balaban J connectivity index is 0.00000200. The van der Waals surface area contributed by atoms with Gasteiger partial charge in [-0.1, -0.05) is 30.0 Å². The first-order chi connectivity index (χ1) is 9.06. The van der Waals surface area contributed by atoms with Crippen LogP contribution in [0.1, 0.15) is 5.56 Å². The molecule has 108 valence electrons. The van der Waals surface area contributed by atoms with Gasteiger partial charge in [-0.2, -0.15) is 0 Å². The van der Waals surface area contributed by atoms with Crippen molar-refractivity contribution >= 4 is 24.2 Å². The van der Waals surface area contributed by atoms with E-state index < -0.39 is 11.6 Å². The lowest BCUT2D eigenvalue weighted by Gasteiger charge is -2.13. The van der Waals surface area contributed by atoms with Gasteiger partial charge in [0.05, 0.1) is 0 Å². The van der Waals surface area contributed by atoms with Gasteiger partial charge in [0, 0.05) is 16.3 Å². The maximum absolute atomic E-state index is 13.2. The molecule has 0 aliphatic heterocycles. The van der Waals surface area contributed by atoms with Gasteiger partial charge in [-0.3, -0.25) is 0 Å². The van der Waals surface area contributed by atoms with Crippen molar-refractivity contribution in [2.45, 2.75) is 16.3 Å². The fourth-order valence-electron chi connectivity index (χ4n) is 1.74. The summed E-state index contributed by atoms with van der Waals surface area (Å²) in [5, 5.41) is 0. The molecule has 0 saturated carbocycles. The molecule has 0 aliphatic rings. The summed E-state index contributed by atoms with van der Waals surface area (Å²) >= 11 is 1.45. The quantitative estimate of drug-likeness (QED) is 0.811. The average Bonchev–Trinajstić information content (AvgIpc) is 2.36. The van der Waals surface area contributed by atoms with Crippen LogP contribution >= 0.6 is 24.2 Å². The monoisotopic (exact) mass is 315 g/mol. The van der Waals surface area contributed by atoms with Crippen LogP contribution in [0, 0.1) is 11.6 Å². The second-order valence-corrected chi connectivity index (χ2v) is 5.64. The van der Waals surface area contributed by atoms with Crippen LogP contribution < -0.4 is 0 Å². The number of halogens is 3. The summed E-state index contributed by atoms with van der Waals surface area (Å²) in [6.45, 7) is 0.812. The second-order valence-electron chi connectivity index (χ2n) is 4.52. The van der Waals surface area contributed by atoms with Gasteiger partial charge in [-0.25, -0.2) is 8.78 Å². The lowest BCUT2D eigenvalue weighted by atomic mass is 10.2. The van der Waals surface area contributed by atoms with Crippen LogP contribution in [-0.2, 0) is 6.54 Å². The van der Waals surface area contributed by atoms with Gasteiger partial charge in [-0.05, 0) is 43.9 Å². The van der Waals surface area contributed by atoms with Gasteiger partial charge in [0.15, 0.2) is 11.6 Å². The van der Waals surface area contributed by atoms with E-state index in [1.165, 1.54) is 23.4 Å². The van der Waals surface area contributed by atoms with Crippen molar-refractivity contribution in [3.05, 3.63) is 59.7 Å². The van der Waals surface area contributed by atoms with Crippen molar-refractivity contribution in [2.24, 2.45) is 0 Å². The van der Waals surface area contributed by atoms with Gasteiger partial charge in [0.1, 0.15) is 0 Å². The highest BCUT2D eigenvalue weighted by molar-refractivity contribution is 7.99. The topological polar surface area (TPSA) is 3.24 Å². The van der Waals surface area contributed by atoms with Crippen LogP contribution in [0.25, 0.3) is 0 Å². The molecule has 20 heavy (non-hydrogen) atoms. The van der Waals surface area contributed by atoms with Gasteiger partial charge >= 0.3 is 0 Å². The molecule has 0 aromatic heterocycles. The van der Waals surface area contributed by atoms with E-state index in [2.05, 4.69) is 4.90 Å². The van der Waals surface area contributed by atoms with Crippen molar-refractivity contribution < 1.29 is 8.78 Å². The number of benzene rings is 2. The molecule has 0 atom stereocenters. The third kappa shape index (κ3) is 4.47. The molecular weight excluding hydrogens is 300 g/mol. The molecule has 0 bridgehead atoms. The highest BCUT2D eigenvalue weighted by Gasteiger charge is 2.07. The smallest absolute Gasteiger partial charge is 0.159 e. The van der Waals surface area contributed by atoms with E-state index >= 15 is 0 Å². The molecule has 0 radical (unpaired) electrons. The second kappa shape index (κ2) is 7.62. The van der Waals surface area contributed by atoms with E-state index in [4.69, 9.17) is 0 Å². The third-order valence-corrected chi connectivity index (χ3v) is 3.69. The third-order valence-electron chi connectivity index (χ3n) is 2.58. The number of hydrogen-bond donors (Lipinski definition) is 0. The first-order valence-electron chi connectivity index (χ1n) is 5.92. The fraction of sp³-hybridized carbons (Fsp3) is 0.200. The van der Waals surface area contributed by atoms with Crippen molar-refractivity contribution in [1.82, 2.24) is 4.90 Å². The maximum Gasteiger partial charge on any atom is 0.159 e. The molecule has 2 rings (SSSR count). The first-order valence-corrected chi connectivity index (χ1v) is 6.73. The van der Waals surface area contributed by atoms with Crippen molar-refractivity contribution in [3.63, 3.8) is 0 Å². The van der Waals surface area contributed by atoms with E-state index in [1.54, 1.807) is 6.07 Å². The minimum atomic E-state index is -0.814. The van der Waals surface area contributed by atoms with Crippen LogP contribution in [0.3, 0.4) is 0 Å². The summed E-state index contributed by atoms with van der Waals surface area (Å²) in [5.41, 5.74) is 1.17. The van der Waals surface area contributed by atoms with Crippen LogP contribution in [0.5, 0.6) is 0 Å². The number of hydrogen-bond acceptors (Lipinski definition) is 2. The van der Waals surface area contributed by atoms with Gasteiger partial charge in [0.2, 0.25) is 0 Å². The molecular formula is C15H16ClF2NS. The molecule has 2 aromatic rings. The molecule has 0 spiro atoms. The molecule has 0 amide bonds. The normalized spacial score (nSPS) is 10.4. The van der Waals surface area contributed by atoms with Gasteiger partial charge in [-0.15, -0.1) is 12.4 Å². The largest absolute Gasteiger partial charge is 0.305 e. The van der Waals surface area contributed by atoms with Crippen molar-refractivity contribution in [2.75, 3.05) is 14.1 Å². The van der Waals surface area contributed by atoms with Crippen LogP contribution in [0.4, 0.5) is 8.78 Å². The van der Waals surface area contributed by atoms with E-state index in [0.717, 1.165) is 17.5 Å². The van der Waals surface area contributed by atoms with E-state index in [9.17, 15) is 8.78 Å². The van der Waals surface area contributed by atoms with E-state index in [-0.39, 0.29) is 12.4 Å². The van der Waals surface area contributed by atoms with E-state index in [0.29, 0.717) is 4.90 Å². The summed E-state index contributed by atoms with van der Waals surface area (Å²) in [4.78, 5) is 3.83. The zero-order valence-corrected chi connectivity index (χ0v) is 12.9. The Morgan fingerprint density at radius 3 is 2.35 bits per heavy atom. The summed E-state index contributed by atoms with van der Waals surface area (Å²) in [7, 11) is 4.00. The molecule has 5 heteroatoms. The minimum Gasteiger partial charge on any atom is -0.305 e. The lowest BCUT2D eigenvalue weighted by molar-refractivity contribution is 0.399. The molecule has 0 heterocycles. The highest BCUT2D eigenvalue weighted by atomic mass is 35.5. The lowest BCUT2D eigenvalue weighted by Crippen LogP contribution is -2.11. The van der Waals surface area contributed by atoms with Crippen LogP contribution in [-0.4, -0.2) is 19.0 Å². The maximum atomic E-state index is 13.2. The predicted octanol–water partition coefficient (Wildman–Crippen LogP) is 4.60. The summed E-state index contributed by atoms with van der Waals surface area (Å²) in [6, 6.07) is 11.9. The molecule has 0 aliphatic carbocycles. The van der Waals surface area contributed by atoms with Crippen LogP contribution in [0.2, 0.25) is 0 Å². The minimum absolute atomic E-state index is 0. The van der Waals surface area contributed by atoms with Crippen molar-refractivity contribution in [3.8, 4) is 0 Å². The molecule has 0 fully saturated rings. The predicted molar refractivity (Wildman–Crippen MR) is 81.6 cm³/mol. The average molecular weight is 316 g/mol. The number of nitrogens with zero attached hydrogens (tertiary/aromatic N) is 1. The zero-order valence-electron chi connectivity index (χ0n) is 11.3. The number of rotatable bonds is 4. The van der Waals surface area contributed by atoms with Crippen LogP contribution in [0.15, 0.2) is 52.3 Å². The van der Waals surface area contributed by atoms with E-state index in [1.807, 2.05) is 38.4 Å². The molecule has 2 aromatic carbocycles. The SMILES string of the molecule is CN(C)Cc1ccccc1Sc1ccc(F)c(F)c1.Cl. The summed E-state index contributed by atoms with van der Waals surface area (Å²) in [5.74, 6) is -1.62. The van der Waals surface area contributed by atoms with Crippen molar-refractivity contribution in [1.29, 1.82) is 0 Å². The Kier molecular flexibility index (Phi) is 6.46. The van der Waals surface area contributed by atoms with Gasteiger partial charge in [0.25, 0.3) is 0 Å². The summed E-state index contributed by atoms with van der Waals surface area (Å²) < 4.78 is 26.1. The highest BCUT2D eigenvalue weighted by Crippen LogP contribution is 2.31. The molecule has 0 saturated heterocycles. The Morgan fingerprint density at radius 2 is 1.70 bits per heavy atom. The Labute approximate surface area is 128 Å². The Bertz CT molecular complexity index is 576.